The van der Waals surface area contributed by atoms with Gasteiger partial charge in [0.15, 0.2) is 5.17 Å². The molecular weight excluding hydrogens is 595 g/mol. The summed E-state index contributed by atoms with van der Waals surface area (Å²) in [4.78, 5) is 17.5. The lowest BCUT2D eigenvalue weighted by Gasteiger charge is -2.12. The summed E-state index contributed by atoms with van der Waals surface area (Å²) in [6, 6.07) is 15.6. The first kappa shape index (κ1) is 24.0. The van der Waals surface area contributed by atoms with Crippen molar-refractivity contribution < 1.29 is 13.9 Å². The molecule has 1 aliphatic heterocycles. The highest BCUT2D eigenvalue weighted by molar-refractivity contribution is 9.11. The number of carbonyl (C=O) groups excluding carboxylic acids is 1. The van der Waals surface area contributed by atoms with Crippen LogP contribution < -0.4 is 10.1 Å². The van der Waals surface area contributed by atoms with Crippen LogP contribution in [-0.2, 0) is 11.4 Å². The molecule has 1 aliphatic rings. The summed E-state index contributed by atoms with van der Waals surface area (Å²) in [7, 11) is 0. The smallest absolute Gasteiger partial charge is 0.264 e. The predicted octanol–water partition coefficient (Wildman–Crippen LogP) is 7.78. The van der Waals surface area contributed by atoms with Crippen molar-refractivity contribution in [2.75, 3.05) is 0 Å². The van der Waals surface area contributed by atoms with Gasteiger partial charge in [-0.3, -0.25) is 4.79 Å². The predicted molar refractivity (Wildman–Crippen MR) is 140 cm³/mol. The van der Waals surface area contributed by atoms with Crippen molar-refractivity contribution in [3.05, 3.63) is 96.0 Å². The Morgan fingerprint density at radius 1 is 1.15 bits per heavy atom. The highest BCUT2D eigenvalue weighted by atomic mass is 79.9. The normalized spacial score (nSPS) is 15.8. The fraction of sp³-hybridized carbons (Fsp3) is 0.0833. The highest BCUT2D eigenvalue weighted by Gasteiger charge is 2.24. The van der Waals surface area contributed by atoms with E-state index in [0.717, 1.165) is 11.1 Å². The molecular formula is C24H16Br2ClFN2O2S. The molecule has 1 fully saturated rings. The molecule has 0 atom stereocenters. The lowest BCUT2D eigenvalue weighted by molar-refractivity contribution is -0.115. The molecule has 3 aromatic carbocycles. The molecule has 0 bridgehead atoms. The monoisotopic (exact) mass is 608 g/mol. The van der Waals surface area contributed by atoms with Gasteiger partial charge in [0.2, 0.25) is 0 Å². The molecule has 0 unspecified atom stereocenters. The van der Waals surface area contributed by atoms with Gasteiger partial charge < -0.3 is 10.1 Å². The highest BCUT2D eigenvalue weighted by Crippen LogP contribution is 2.37. The van der Waals surface area contributed by atoms with Crippen LogP contribution in [-0.4, -0.2) is 11.1 Å². The van der Waals surface area contributed by atoms with E-state index in [1.165, 1.54) is 17.8 Å². The molecule has 3 aromatic rings. The first-order valence-corrected chi connectivity index (χ1v) is 12.5. The second-order valence-corrected chi connectivity index (χ2v) is 10.2. The second kappa shape index (κ2) is 10.4. The third-order valence-corrected chi connectivity index (χ3v) is 7.26. The van der Waals surface area contributed by atoms with Gasteiger partial charge in [0.1, 0.15) is 18.2 Å². The summed E-state index contributed by atoms with van der Waals surface area (Å²) in [5.41, 5.74) is 2.79. The van der Waals surface area contributed by atoms with E-state index in [-0.39, 0.29) is 18.3 Å². The average Bonchev–Trinajstić information content (AvgIpc) is 3.10. The van der Waals surface area contributed by atoms with Gasteiger partial charge in [0.25, 0.3) is 5.91 Å². The fourth-order valence-corrected chi connectivity index (χ4v) is 5.48. The molecule has 1 heterocycles. The van der Waals surface area contributed by atoms with Gasteiger partial charge in [-0.1, -0.05) is 35.9 Å². The molecule has 4 nitrogen and oxygen atoms in total. The average molecular weight is 611 g/mol. The standard InChI is InChI=1S/C24H16Br2ClFN2O2S/c1-13-18(27)6-4-8-20(13)29-24-30-23(31)21(33-24)11-14-9-16(25)22(17(26)10-14)32-12-15-5-2-3-7-19(15)28/h2-11H,12H2,1H3,(H,29,30,31)/b21-11+. The van der Waals surface area contributed by atoms with E-state index in [9.17, 15) is 9.18 Å². The van der Waals surface area contributed by atoms with E-state index in [4.69, 9.17) is 16.3 Å². The van der Waals surface area contributed by atoms with Crippen molar-refractivity contribution in [2.24, 2.45) is 4.99 Å². The summed E-state index contributed by atoms with van der Waals surface area (Å²) < 4.78 is 21.0. The Bertz CT molecular complexity index is 1290. The van der Waals surface area contributed by atoms with E-state index in [1.54, 1.807) is 30.3 Å². The number of amides is 1. The zero-order valence-corrected chi connectivity index (χ0v) is 21.9. The van der Waals surface area contributed by atoms with E-state index in [0.29, 0.717) is 41.0 Å². The molecule has 0 aliphatic carbocycles. The molecule has 33 heavy (non-hydrogen) atoms. The number of carbonyl (C=O) groups is 1. The molecule has 0 radical (unpaired) electrons. The number of thioether (sulfide) groups is 1. The van der Waals surface area contributed by atoms with Gasteiger partial charge in [0.05, 0.1) is 19.5 Å². The summed E-state index contributed by atoms with van der Waals surface area (Å²) in [6.45, 7) is 1.97. The Kier molecular flexibility index (Phi) is 7.58. The van der Waals surface area contributed by atoms with Crippen LogP contribution in [0.5, 0.6) is 5.75 Å². The molecule has 1 amide bonds. The number of amidine groups is 1. The van der Waals surface area contributed by atoms with Gasteiger partial charge in [0, 0.05) is 10.6 Å². The third-order valence-electron chi connectivity index (χ3n) is 4.76. The molecule has 9 heteroatoms. The SMILES string of the molecule is Cc1c(Cl)cccc1N=C1NC(=O)/C(=C\c2cc(Br)c(OCc3ccccc3F)c(Br)c2)S1. The number of ether oxygens (including phenoxy) is 1. The molecule has 1 N–H and O–H groups in total. The molecule has 0 aromatic heterocycles. The number of halogens is 4. The first-order valence-electron chi connectivity index (χ1n) is 9.72. The lowest BCUT2D eigenvalue weighted by Crippen LogP contribution is -2.19. The first-order chi connectivity index (χ1) is 15.8. The van der Waals surface area contributed by atoms with Crippen LogP contribution in [0.3, 0.4) is 0 Å². The Morgan fingerprint density at radius 2 is 1.88 bits per heavy atom. The Morgan fingerprint density at radius 3 is 2.61 bits per heavy atom. The van der Waals surface area contributed by atoms with Crippen molar-refractivity contribution >= 4 is 78.1 Å². The lowest BCUT2D eigenvalue weighted by atomic mass is 10.2. The molecule has 0 saturated carbocycles. The van der Waals surface area contributed by atoms with Crippen LogP contribution in [0.25, 0.3) is 6.08 Å². The minimum absolute atomic E-state index is 0.0886. The zero-order valence-electron chi connectivity index (χ0n) is 17.2. The number of benzene rings is 3. The van der Waals surface area contributed by atoms with Crippen LogP contribution in [0, 0.1) is 12.7 Å². The van der Waals surface area contributed by atoms with Gasteiger partial charge in [-0.2, -0.15) is 0 Å². The van der Waals surface area contributed by atoms with Crippen molar-refractivity contribution in [3.63, 3.8) is 0 Å². The van der Waals surface area contributed by atoms with Crippen LogP contribution in [0.1, 0.15) is 16.7 Å². The maximum atomic E-state index is 13.9. The van der Waals surface area contributed by atoms with Crippen molar-refractivity contribution in [1.82, 2.24) is 5.32 Å². The van der Waals surface area contributed by atoms with Crippen molar-refractivity contribution in [2.45, 2.75) is 13.5 Å². The van der Waals surface area contributed by atoms with E-state index < -0.39 is 0 Å². The maximum Gasteiger partial charge on any atom is 0.264 e. The van der Waals surface area contributed by atoms with Crippen LogP contribution in [0.15, 0.2) is 73.4 Å². The zero-order chi connectivity index (χ0) is 23.5. The van der Waals surface area contributed by atoms with Crippen molar-refractivity contribution in [3.8, 4) is 5.75 Å². The Labute approximate surface area is 216 Å². The summed E-state index contributed by atoms with van der Waals surface area (Å²) in [6.07, 6.45) is 1.77. The van der Waals surface area contributed by atoms with E-state index in [1.807, 2.05) is 31.2 Å². The maximum absolute atomic E-state index is 13.9. The summed E-state index contributed by atoms with van der Waals surface area (Å²) >= 11 is 14.4. The molecule has 4 rings (SSSR count). The van der Waals surface area contributed by atoms with E-state index >= 15 is 0 Å². The van der Waals surface area contributed by atoms with Gasteiger partial charge in [-0.05, 0) is 98.1 Å². The Hall–Kier alpha value is -2.13. The van der Waals surface area contributed by atoms with Gasteiger partial charge in [-0.15, -0.1) is 0 Å². The number of nitrogens with one attached hydrogen (secondary N) is 1. The minimum atomic E-state index is -0.319. The third kappa shape index (κ3) is 5.69. The quantitative estimate of drug-likeness (QED) is 0.300. The van der Waals surface area contributed by atoms with Crippen molar-refractivity contribution in [1.29, 1.82) is 0 Å². The van der Waals surface area contributed by atoms with Crippen LogP contribution in [0.2, 0.25) is 5.02 Å². The topological polar surface area (TPSA) is 50.7 Å². The molecule has 0 spiro atoms. The number of hydrogen-bond acceptors (Lipinski definition) is 4. The number of nitrogens with zero attached hydrogens (tertiary/aromatic N) is 1. The van der Waals surface area contributed by atoms with Gasteiger partial charge >= 0.3 is 0 Å². The summed E-state index contributed by atoms with van der Waals surface area (Å²) in [5, 5.41) is 3.89. The summed E-state index contributed by atoms with van der Waals surface area (Å²) in [5.74, 6) is -0.00558. The molecule has 1 saturated heterocycles. The fourth-order valence-electron chi connectivity index (χ4n) is 3.02. The van der Waals surface area contributed by atoms with Gasteiger partial charge in [-0.25, -0.2) is 9.38 Å². The second-order valence-electron chi connectivity index (χ2n) is 7.06. The van der Waals surface area contributed by atoms with Crippen LogP contribution >= 0.6 is 55.2 Å². The number of aliphatic imine (C=N–C) groups is 1. The van der Waals surface area contributed by atoms with E-state index in [2.05, 4.69) is 42.2 Å². The minimum Gasteiger partial charge on any atom is -0.486 e. The number of hydrogen-bond donors (Lipinski definition) is 1. The largest absolute Gasteiger partial charge is 0.486 e. The number of rotatable bonds is 5. The Balaban J connectivity index is 1.53. The molecule has 168 valence electrons. The van der Waals surface area contributed by atoms with Crippen LogP contribution in [0.4, 0.5) is 10.1 Å².